The molecule has 1 amide bonds. The fourth-order valence-corrected chi connectivity index (χ4v) is 1.78. The first kappa shape index (κ1) is 15.3. The second-order valence-electron chi connectivity index (χ2n) is 3.80. The van der Waals surface area contributed by atoms with Gasteiger partial charge in [-0.3, -0.25) is 9.69 Å². The highest BCUT2D eigenvalue weighted by Crippen LogP contribution is 2.07. The summed E-state index contributed by atoms with van der Waals surface area (Å²) in [6.45, 7) is 6.12. The maximum atomic E-state index is 11.5. The van der Waals surface area contributed by atoms with Crippen LogP contribution in [0.25, 0.3) is 0 Å². The average molecular weight is 231 g/mol. The van der Waals surface area contributed by atoms with Gasteiger partial charge in [0.15, 0.2) is 0 Å². The molecule has 0 aliphatic carbocycles. The lowest BCUT2D eigenvalue weighted by molar-refractivity contribution is -0.122. The van der Waals surface area contributed by atoms with Crippen LogP contribution in [0, 0.1) is 0 Å². The highest BCUT2D eigenvalue weighted by molar-refractivity contribution is 5.78. The number of carbonyl (C=O) groups excluding carboxylic acids is 1. The predicted molar refractivity (Wildman–Crippen MR) is 65.1 cm³/mol. The Morgan fingerprint density at radius 1 is 1.44 bits per heavy atom. The quantitative estimate of drug-likeness (QED) is 0.502. The molecule has 4 N–H and O–H groups in total. The molecule has 0 fully saturated rings. The van der Waals surface area contributed by atoms with Crippen LogP contribution in [0.1, 0.15) is 26.7 Å². The van der Waals surface area contributed by atoms with Crippen LogP contribution in [0.5, 0.6) is 0 Å². The molecule has 0 spiro atoms. The largest absolute Gasteiger partial charge is 0.395 e. The maximum Gasteiger partial charge on any atom is 0.234 e. The van der Waals surface area contributed by atoms with Gasteiger partial charge in [0.05, 0.1) is 13.2 Å². The van der Waals surface area contributed by atoms with Gasteiger partial charge in [0.2, 0.25) is 5.91 Å². The molecule has 5 heteroatoms. The van der Waals surface area contributed by atoms with Gasteiger partial charge in [-0.25, -0.2) is 0 Å². The number of aliphatic hydroxyl groups is 1. The van der Waals surface area contributed by atoms with E-state index in [0.717, 1.165) is 12.8 Å². The van der Waals surface area contributed by atoms with E-state index in [4.69, 9.17) is 10.8 Å². The Balaban J connectivity index is 4.14. The van der Waals surface area contributed by atoms with Gasteiger partial charge in [0.25, 0.3) is 0 Å². The van der Waals surface area contributed by atoms with Crippen molar-refractivity contribution in [2.24, 2.45) is 5.73 Å². The highest BCUT2D eigenvalue weighted by atomic mass is 16.3. The summed E-state index contributed by atoms with van der Waals surface area (Å²) in [6, 6.07) is 0.357. The fourth-order valence-electron chi connectivity index (χ4n) is 1.78. The van der Waals surface area contributed by atoms with Crippen molar-refractivity contribution >= 4 is 5.91 Å². The van der Waals surface area contributed by atoms with Gasteiger partial charge in [0, 0.05) is 25.7 Å². The molecule has 0 aromatic rings. The van der Waals surface area contributed by atoms with Gasteiger partial charge in [-0.1, -0.05) is 13.8 Å². The Morgan fingerprint density at radius 3 is 2.50 bits per heavy atom. The molecule has 16 heavy (non-hydrogen) atoms. The summed E-state index contributed by atoms with van der Waals surface area (Å²) < 4.78 is 0. The van der Waals surface area contributed by atoms with Crippen LogP contribution in [0.2, 0.25) is 0 Å². The molecular formula is C11H25N3O2. The molecule has 0 atom stereocenters. The van der Waals surface area contributed by atoms with Gasteiger partial charge < -0.3 is 16.2 Å². The topological polar surface area (TPSA) is 78.6 Å². The van der Waals surface area contributed by atoms with Crippen molar-refractivity contribution in [1.82, 2.24) is 10.2 Å². The first-order valence-electron chi connectivity index (χ1n) is 6.01. The van der Waals surface area contributed by atoms with Crippen molar-refractivity contribution in [2.45, 2.75) is 32.7 Å². The maximum absolute atomic E-state index is 11.5. The monoisotopic (exact) mass is 231 g/mol. The minimum Gasteiger partial charge on any atom is -0.395 e. The Hall–Kier alpha value is -0.650. The molecule has 0 aliphatic rings. The van der Waals surface area contributed by atoms with E-state index in [1.807, 2.05) is 4.90 Å². The van der Waals surface area contributed by atoms with Crippen LogP contribution < -0.4 is 11.1 Å². The number of nitrogens with zero attached hydrogens (tertiary/aromatic N) is 1. The zero-order chi connectivity index (χ0) is 12.4. The second kappa shape index (κ2) is 9.57. The smallest absolute Gasteiger partial charge is 0.234 e. The summed E-state index contributed by atoms with van der Waals surface area (Å²) in [5.41, 5.74) is 5.31. The summed E-state index contributed by atoms with van der Waals surface area (Å²) >= 11 is 0. The lowest BCUT2D eigenvalue weighted by atomic mass is 10.1. The number of hydrogen-bond donors (Lipinski definition) is 3. The van der Waals surface area contributed by atoms with E-state index in [0.29, 0.717) is 32.2 Å². The van der Waals surface area contributed by atoms with Crippen LogP contribution in [-0.4, -0.2) is 54.7 Å². The molecule has 0 bridgehead atoms. The van der Waals surface area contributed by atoms with Crippen molar-refractivity contribution in [1.29, 1.82) is 0 Å². The fraction of sp³-hybridized carbons (Fsp3) is 0.909. The van der Waals surface area contributed by atoms with Gasteiger partial charge in [-0.05, 0) is 12.8 Å². The van der Waals surface area contributed by atoms with Crippen LogP contribution >= 0.6 is 0 Å². The van der Waals surface area contributed by atoms with E-state index in [1.54, 1.807) is 0 Å². The van der Waals surface area contributed by atoms with Crippen molar-refractivity contribution in [3.05, 3.63) is 0 Å². The molecule has 0 rings (SSSR count). The minimum atomic E-state index is -0.0224. The summed E-state index contributed by atoms with van der Waals surface area (Å²) in [6.07, 6.45) is 1.97. The molecular weight excluding hydrogens is 206 g/mol. The van der Waals surface area contributed by atoms with Crippen LogP contribution in [0.15, 0.2) is 0 Å². The third kappa shape index (κ3) is 6.05. The zero-order valence-electron chi connectivity index (χ0n) is 10.4. The summed E-state index contributed by atoms with van der Waals surface area (Å²) in [7, 11) is 0. The summed E-state index contributed by atoms with van der Waals surface area (Å²) in [5, 5.41) is 11.7. The molecule has 96 valence electrons. The second-order valence-corrected chi connectivity index (χ2v) is 3.80. The number of nitrogens with two attached hydrogens (primary N) is 1. The number of hydrogen-bond acceptors (Lipinski definition) is 4. The Kier molecular flexibility index (Phi) is 9.18. The van der Waals surface area contributed by atoms with E-state index in [2.05, 4.69) is 19.2 Å². The molecule has 0 radical (unpaired) electrons. The first-order valence-corrected chi connectivity index (χ1v) is 6.01. The average Bonchev–Trinajstić information content (AvgIpc) is 2.28. The van der Waals surface area contributed by atoms with E-state index in [1.165, 1.54) is 0 Å². The molecule has 0 unspecified atom stereocenters. The predicted octanol–water partition coefficient (Wildman–Crippen LogP) is -0.456. The van der Waals surface area contributed by atoms with E-state index in [9.17, 15) is 4.79 Å². The standard InChI is InChI=1S/C11H25N3O2/c1-3-10(4-2)14(7-8-15)9-11(16)13-6-5-12/h10,15H,3-9,12H2,1-2H3,(H,13,16). The van der Waals surface area contributed by atoms with Crippen molar-refractivity contribution in [3.8, 4) is 0 Å². The molecule has 0 aromatic heterocycles. The first-order chi connectivity index (χ1) is 7.69. The summed E-state index contributed by atoms with van der Waals surface area (Å²) in [5.74, 6) is -0.0224. The van der Waals surface area contributed by atoms with E-state index < -0.39 is 0 Å². The molecule has 0 aromatic carbocycles. The molecule has 5 nitrogen and oxygen atoms in total. The highest BCUT2D eigenvalue weighted by Gasteiger charge is 2.17. The van der Waals surface area contributed by atoms with Gasteiger partial charge in [-0.15, -0.1) is 0 Å². The SMILES string of the molecule is CCC(CC)N(CCO)CC(=O)NCCN. The third-order valence-electron chi connectivity index (χ3n) is 2.66. The van der Waals surface area contributed by atoms with Crippen molar-refractivity contribution in [2.75, 3.05) is 32.8 Å². The van der Waals surface area contributed by atoms with Crippen LogP contribution in [-0.2, 0) is 4.79 Å². The van der Waals surface area contributed by atoms with E-state index >= 15 is 0 Å². The molecule has 0 heterocycles. The zero-order valence-corrected chi connectivity index (χ0v) is 10.4. The van der Waals surface area contributed by atoms with Gasteiger partial charge in [-0.2, -0.15) is 0 Å². The van der Waals surface area contributed by atoms with Crippen molar-refractivity contribution < 1.29 is 9.90 Å². The van der Waals surface area contributed by atoms with E-state index in [-0.39, 0.29) is 12.5 Å². The number of aliphatic hydroxyl groups excluding tert-OH is 1. The Morgan fingerprint density at radius 2 is 2.06 bits per heavy atom. The Bertz CT molecular complexity index is 184. The number of amides is 1. The van der Waals surface area contributed by atoms with Gasteiger partial charge >= 0.3 is 0 Å². The van der Waals surface area contributed by atoms with Gasteiger partial charge in [0.1, 0.15) is 0 Å². The number of nitrogens with one attached hydrogen (secondary N) is 1. The van der Waals surface area contributed by atoms with Crippen molar-refractivity contribution in [3.63, 3.8) is 0 Å². The minimum absolute atomic E-state index is 0.0224. The number of carbonyl (C=O) groups is 1. The lowest BCUT2D eigenvalue weighted by Crippen LogP contribution is -2.44. The number of rotatable bonds is 9. The normalized spacial score (nSPS) is 11.1. The molecule has 0 aliphatic heterocycles. The van der Waals surface area contributed by atoms with Crippen LogP contribution in [0.4, 0.5) is 0 Å². The Labute approximate surface area is 98.0 Å². The summed E-state index contributed by atoms with van der Waals surface area (Å²) in [4.78, 5) is 13.6. The lowest BCUT2D eigenvalue weighted by Gasteiger charge is -2.29. The third-order valence-corrected chi connectivity index (χ3v) is 2.66. The molecule has 0 saturated carbocycles. The van der Waals surface area contributed by atoms with Crippen LogP contribution in [0.3, 0.4) is 0 Å². The molecule has 0 saturated heterocycles.